The molecule has 0 bridgehead atoms. The molecule has 1 saturated carbocycles. The molecule has 2 atom stereocenters. The second-order valence-corrected chi connectivity index (χ2v) is 6.68. The summed E-state index contributed by atoms with van der Waals surface area (Å²) in [5.41, 5.74) is 0.401. The second-order valence-electron chi connectivity index (χ2n) is 6.68. The molecule has 112 valence electrons. The normalized spacial score (nSPS) is 31.6. The van der Waals surface area contributed by atoms with E-state index >= 15 is 0 Å². The Morgan fingerprint density at radius 1 is 1.21 bits per heavy atom. The first-order valence-corrected chi connectivity index (χ1v) is 8.19. The average molecular weight is 268 g/mol. The molecular weight excluding hydrogens is 236 g/mol. The summed E-state index contributed by atoms with van der Waals surface area (Å²) in [6, 6.07) is 0.664. The van der Waals surface area contributed by atoms with Crippen molar-refractivity contribution in [3.8, 4) is 0 Å². The molecule has 2 rings (SSSR count). The van der Waals surface area contributed by atoms with Gasteiger partial charge in [0.05, 0.1) is 6.10 Å². The van der Waals surface area contributed by atoms with Gasteiger partial charge in [0.25, 0.3) is 0 Å². The van der Waals surface area contributed by atoms with Crippen LogP contribution in [-0.4, -0.2) is 49.8 Å². The van der Waals surface area contributed by atoms with Crippen molar-refractivity contribution in [2.75, 3.05) is 27.2 Å². The fourth-order valence-electron chi connectivity index (χ4n) is 3.68. The van der Waals surface area contributed by atoms with E-state index in [9.17, 15) is 0 Å². The molecule has 2 unspecified atom stereocenters. The summed E-state index contributed by atoms with van der Waals surface area (Å²) in [5.74, 6) is 0. The van der Waals surface area contributed by atoms with Gasteiger partial charge in [-0.05, 0) is 46.2 Å². The minimum absolute atomic E-state index is 0.401. The zero-order valence-corrected chi connectivity index (χ0v) is 13.1. The largest absolute Gasteiger partial charge is 0.378 e. The third-order valence-corrected chi connectivity index (χ3v) is 5.28. The van der Waals surface area contributed by atoms with E-state index in [-0.39, 0.29) is 0 Å². The lowest BCUT2D eigenvalue weighted by atomic mass is 9.80. The molecule has 1 saturated heterocycles. The third kappa shape index (κ3) is 3.93. The molecule has 0 aromatic carbocycles. The van der Waals surface area contributed by atoms with E-state index in [0.717, 1.165) is 19.6 Å². The summed E-state index contributed by atoms with van der Waals surface area (Å²) in [6.07, 6.45) is 10.9. The molecule has 0 radical (unpaired) electrons. The molecule has 1 aliphatic carbocycles. The Hall–Kier alpha value is -0.120. The number of nitrogens with one attached hydrogen (secondary N) is 1. The maximum absolute atomic E-state index is 5.77. The molecule has 0 aromatic rings. The lowest BCUT2D eigenvalue weighted by Gasteiger charge is -2.44. The van der Waals surface area contributed by atoms with Crippen LogP contribution in [0.5, 0.6) is 0 Å². The molecule has 0 amide bonds. The molecule has 1 N–H and O–H groups in total. The quantitative estimate of drug-likeness (QED) is 0.830. The molecule has 19 heavy (non-hydrogen) atoms. The van der Waals surface area contributed by atoms with Gasteiger partial charge in [0, 0.05) is 24.7 Å². The maximum atomic E-state index is 5.77. The summed E-state index contributed by atoms with van der Waals surface area (Å²) in [7, 11) is 4.51. The van der Waals surface area contributed by atoms with Crippen LogP contribution in [0.25, 0.3) is 0 Å². The Morgan fingerprint density at radius 3 is 2.58 bits per heavy atom. The first kappa shape index (κ1) is 15.3. The van der Waals surface area contributed by atoms with Gasteiger partial charge >= 0.3 is 0 Å². The maximum Gasteiger partial charge on any atom is 0.0587 e. The SMILES string of the molecule is CCC1CC(NCC2(N(C)C)CCCCC2)CCO1. The van der Waals surface area contributed by atoms with Crippen LogP contribution in [0, 0.1) is 0 Å². The fourth-order valence-corrected chi connectivity index (χ4v) is 3.68. The Balaban J connectivity index is 1.84. The standard InChI is InChI=1S/C16H32N2O/c1-4-15-12-14(8-11-19-15)17-13-16(18(2)3)9-6-5-7-10-16/h14-15,17H,4-13H2,1-3H3. The van der Waals surface area contributed by atoms with Gasteiger partial charge in [-0.25, -0.2) is 0 Å². The molecule has 1 aliphatic heterocycles. The van der Waals surface area contributed by atoms with Crippen LogP contribution in [0.3, 0.4) is 0 Å². The topological polar surface area (TPSA) is 24.5 Å². The predicted octanol–water partition coefficient (Wildman–Crippen LogP) is 2.80. The lowest BCUT2D eigenvalue weighted by molar-refractivity contribution is -0.00429. The van der Waals surface area contributed by atoms with Crippen LogP contribution < -0.4 is 5.32 Å². The summed E-state index contributed by atoms with van der Waals surface area (Å²) < 4.78 is 5.77. The van der Waals surface area contributed by atoms with Crippen molar-refractivity contribution in [3.63, 3.8) is 0 Å². The smallest absolute Gasteiger partial charge is 0.0587 e. The van der Waals surface area contributed by atoms with Crippen LogP contribution in [0.2, 0.25) is 0 Å². The predicted molar refractivity (Wildman–Crippen MR) is 80.6 cm³/mol. The lowest BCUT2D eigenvalue weighted by Crippen LogP contribution is -2.55. The highest BCUT2D eigenvalue weighted by atomic mass is 16.5. The summed E-state index contributed by atoms with van der Waals surface area (Å²) >= 11 is 0. The molecule has 1 heterocycles. The van der Waals surface area contributed by atoms with Crippen molar-refractivity contribution in [2.24, 2.45) is 0 Å². The van der Waals surface area contributed by atoms with E-state index in [1.54, 1.807) is 0 Å². The van der Waals surface area contributed by atoms with E-state index in [4.69, 9.17) is 4.74 Å². The van der Waals surface area contributed by atoms with Gasteiger partial charge in [-0.1, -0.05) is 26.2 Å². The van der Waals surface area contributed by atoms with Gasteiger partial charge in [-0.3, -0.25) is 0 Å². The number of hydrogen-bond donors (Lipinski definition) is 1. The van der Waals surface area contributed by atoms with Crippen LogP contribution in [0.4, 0.5) is 0 Å². The number of ether oxygens (including phenoxy) is 1. The summed E-state index contributed by atoms with van der Waals surface area (Å²) in [5, 5.41) is 3.86. The van der Waals surface area contributed by atoms with Crippen LogP contribution in [0.1, 0.15) is 58.3 Å². The minimum Gasteiger partial charge on any atom is -0.378 e. The van der Waals surface area contributed by atoms with Gasteiger partial charge in [0.1, 0.15) is 0 Å². The first-order valence-electron chi connectivity index (χ1n) is 8.19. The average Bonchev–Trinajstić information content (AvgIpc) is 2.46. The Morgan fingerprint density at radius 2 is 1.95 bits per heavy atom. The zero-order valence-electron chi connectivity index (χ0n) is 13.1. The number of likely N-dealkylation sites (N-methyl/N-ethyl adjacent to an activating group) is 1. The van der Waals surface area contributed by atoms with Crippen molar-refractivity contribution in [3.05, 3.63) is 0 Å². The zero-order chi connectivity index (χ0) is 13.7. The molecule has 2 aliphatic rings. The van der Waals surface area contributed by atoms with E-state index in [0.29, 0.717) is 17.7 Å². The summed E-state index contributed by atoms with van der Waals surface area (Å²) in [4.78, 5) is 2.47. The molecule has 0 aromatic heterocycles. The van der Waals surface area contributed by atoms with Crippen molar-refractivity contribution < 1.29 is 4.74 Å². The highest BCUT2D eigenvalue weighted by Gasteiger charge is 2.34. The van der Waals surface area contributed by atoms with E-state index in [2.05, 4.69) is 31.2 Å². The highest BCUT2D eigenvalue weighted by molar-refractivity contribution is 4.94. The molecular formula is C16H32N2O. The third-order valence-electron chi connectivity index (χ3n) is 5.28. The fraction of sp³-hybridized carbons (Fsp3) is 1.00. The van der Waals surface area contributed by atoms with Gasteiger partial charge in [0.2, 0.25) is 0 Å². The Kier molecular flexibility index (Phi) is 5.67. The summed E-state index contributed by atoms with van der Waals surface area (Å²) in [6.45, 7) is 4.32. The van der Waals surface area contributed by atoms with Gasteiger partial charge < -0.3 is 15.0 Å². The Labute approximate surface area is 119 Å². The molecule has 3 heteroatoms. The van der Waals surface area contributed by atoms with Crippen LogP contribution in [0.15, 0.2) is 0 Å². The molecule has 3 nitrogen and oxygen atoms in total. The highest BCUT2D eigenvalue weighted by Crippen LogP contribution is 2.32. The monoisotopic (exact) mass is 268 g/mol. The number of nitrogens with zero attached hydrogens (tertiary/aromatic N) is 1. The Bertz CT molecular complexity index is 261. The second kappa shape index (κ2) is 7.05. The van der Waals surface area contributed by atoms with Crippen LogP contribution in [-0.2, 0) is 4.74 Å². The molecule has 0 spiro atoms. The van der Waals surface area contributed by atoms with E-state index < -0.39 is 0 Å². The van der Waals surface area contributed by atoms with Crippen molar-refractivity contribution >= 4 is 0 Å². The number of hydrogen-bond acceptors (Lipinski definition) is 3. The van der Waals surface area contributed by atoms with Gasteiger partial charge in [-0.15, -0.1) is 0 Å². The number of rotatable bonds is 5. The van der Waals surface area contributed by atoms with Crippen LogP contribution >= 0.6 is 0 Å². The van der Waals surface area contributed by atoms with Gasteiger partial charge in [-0.2, -0.15) is 0 Å². The van der Waals surface area contributed by atoms with Crippen molar-refractivity contribution in [2.45, 2.75) is 76.0 Å². The van der Waals surface area contributed by atoms with Gasteiger partial charge in [0.15, 0.2) is 0 Å². The first-order chi connectivity index (χ1) is 9.16. The minimum atomic E-state index is 0.401. The van der Waals surface area contributed by atoms with Crippen molar-refractivity contribution in [1.29, 1.82) is 0 Å². The van der Waals surface area contributed by atoms with Crippen molar-refractivity contribution in [1.82, 2.24) is 10.2 Å². The van der Waals surface area contributed by atoms with E-state index in [1.165, 1.54) is 44.9 Å². The molecule has 2 fully saturated rings. The van der Waals surface area contributed by atoms with E-state index in [1.807, 2.05) is 0 Å².